The fourth-order valence-corrected chi connectivity index (χ4v) is 1.86. The van der Waals surface area contributed by atoms with Crippen LogP contribution in [0.15, 0.2) is 18.2 Å². The van der Waals surface area contributed by atoms with Crippen molar-refractivity contribution in [3.05, 3.63) is 29.6 Å². The van der Waals surface area contributed by atoms with Crippen LogP contribution in [-0.2, 0) is 5.75 Å². The molecule has 0 aliphatic rings. The molecule has 0 fully saturated rings. The highest BCUT2D eigenvalue weighted by Crippen LogP contribution is 2.17. The van der Waals surface area contributed by atoms with E-state index in [2.05, 4.69) is 56.0 Å². The quantitative estimate of drug-likeness (QED) is 0.765. The molecular formula is C12H20N2S. The Labute approximate surface area is 97.1 Å². The van der Waals surface area contributed by atoms with Crippen LogP contribution in [0.5, 0.6) is 0 Å². The topological polar surface area (TPSA) is 16.1 Å². The Morgan fingerprint density at radius 3 is 2.73 bits per heavy atom. The third kappa shape index (κ3) is 3.84. The standard InChI is InChI=1S/C12H20N2S/c1-5-15-9-11-7-6-8-12(13-11)10(2)14(3)4/h6-8,10H,5,9H2,1-4H3. The van der Waals surface area contributed by atoms with Gasteiger partial charge in [-0.2, -0.15) is 11.8 Å². The molecule has 1 aromatic rings. The lowest BCUT2D eigenvalue weighted by Crippen LogP contribution is -2.18. The molecule has 0 saturated heterocycles. The molecule has 0 aromatic carbocycles. The highest BCUT2D eigenvalue weighted by Gasteiger charge is 2.09. The van der Waals surface area contributed by atoms with E-state index in [4.69, 9.17) is 0 Å². The SMILES string of the molecule is CCSCc1cccc(C(C)N(C)C)n1. The molecule has 0 saturated carbocycles. The lowest BCUT2D eigenvalue weighted by atomic mass is 10.2. The summed E-state index contributed by atoms with van der Waals surface area (Å²) in [6.07, 6.45) is 0. The minimum atomic E-state index is 0.386. The van der Waals surface area contributed by atoms with Crippen molar-refractivity contribution in [1.82, 2.24) is 9.88 Å². The summed E-state index contributed by atoms with van der Waals surface area (Å²) >= 11 is 1.91. The molecule has 0 N–H and O–H groups in total. The fourth-order valence-electron chi connectivity index (χ4n) is 1.28. The van der Waals surface area contributed by atoms with Gasteiger partial charge in [0.25, 0.3) is 0 Å². The van der Waals surface area contributed by atoms with Crippen molar-refractivity contribution >= 4 is 11.8 Å². The summed E-state index contributed by atoms with van der Waals surface area (Å²) < 4.78 is 0. The smallest absolute Gasteiger partial charge is 0.0576 e. The van der Waals surface area contributed by atoms with Gasteiger partial charge in [-0.1, -0.05) is 13.0 Å². The molecule has 1 heterocycles. The Kier molecular flexibility index (Phi) is 5.12. The van der Waals surface area contributed by atoms with E-state index in [0.29, 0.717) is 6.04 Å². The molecular weight excluding hydrogens is 204 g/mol. The van der Waals surface area contributed by atoms with Crippen LogP contribution in [0.4, 0.5) is 0 Å². The maximum Gasteiger partial charge on any atom is 0.0576 e. The van der Waals surface area contributed by atoms with Gasteiger partial charge in [-0.05, 0) is 38.9 Å². The molecule has 0 bridgehead atoms. The molecule has 1 aromatic heterocycles. The summed E-state index contributed by atoms with van der Waals surface area (Å²) in [6.45, 7) is 4.36. The summed E-state index contributed by atoms with van der Waals surface area (Å²) in [5.41, 5.74) is 2.35. The van der Waals surface area contributed by atoms with Crippen LogP contribution in [-0.4, -0.2) is 29.7 Å². The van der Waals surface area contributed by atoms with Crippen molar-refractivity contribution in [2.24, 2.45) is 0 Å². The average Bonchev–Trinajstić information content (AvgIpc) is 2.25. The molecule has 0 aliphatic carbocycles. The van der Waals surface area contributed by atoms with E-state index in [1.165, 1.54) is 5.69 Å². The Morgan fingerprint density at radius 1 is 1.40 bits per heavy atom. The molecule has 2 nitrogen and oxygen atoms in total. The van der Waals surface area contributed by atoms with Crippen molar-refractivity contribution in [1.29, 1.82) is 0 Å². The second kappa shape index (κ2) is 6.13. The van der Waals surface area contributed by atoms with Gasteiger partial charge in [-0.15, -0.1) is 0 Å². The number of aromatic nitrogens is 1. The van der Waals surface area contributed by atoms with Crippen LogP contribution in [0.25, 0.3) is 0 Å². The summed E-state index contributed by atoms with van der Waals surface area (Å²) in [5, 5.41) is 0. The van der Waals surface area contributed by atoms with Gasteiger partial charge in [0.15, 0.2) is 0 Å². The van der Waals surface area contributed by atoms with Crippen LogP contribution in [0.1, 0.15) is 31.3 Å². The van der Waals surface area contributed by atoms with Crippen molar-refractivity contribution in [3.8, 4) is 0 Å². The zero-order valence-electron chi connectivity index (χ0n) is 10.0. The number of hydrogen-bond donors (Lipinski definition) is 0. The van der Waals surface area contributed by atoms with E-state index in [1.807, 2.05) is 11.8 Å². The van der Waals surface area contributed by atoms with E-state index in [0.717, 1.165) is 17.2 Å². The predicted molar refractivity (Wildman–Crippen MR) is 68.2 cm³/mol. The Balaban J connectivity index is 2.73. The molecule has 1 unspecified atom stereocenters. The number of nitrogens with zero attached hydrogens (tertiary/aromatic N) is 2. The first kappa shape index (κ1) is 12.5. The van der Waals surface area contributed by atoms with E-state index in [-0.39, 0.29) is 0 Å². The van der Waals surface area contributed by atoms with Crippen LogP contribution >= 0.6 is 11.8 Å². The summed E-state index contributed by atoms with van der Waals surface area (Å²) in [5.74, 6) is 2.17. The van der Waals surface area contributed by atoms with E-state index in [1.54, 1.807) is 0 Å². The first-order valence-corrected chi connectivity index (χ1v) is 6.50. The van der Waals surface area contributed by atoms with Gasteiger partial charge in [0.05, 0.1) is 11.4 Å². The van der Waals surface area contributed by atoms with E-state index < -0.39 is 0 Å². The zero-order valence-corrected chi connectivity index (χ0v) is 10.8. The Bertz CT molecular complexity index is 299. The van der Waals surface area contributed by atoms with Crippen molar-refractivity contribution in [2.45, 2.75) is 25.6 Å². The van der Waals surface area contributed by atoms with Crippen LogP contribution < -0.4 is 0 Å². The minimum Gasteiger partial charge on any atom is -0.301 e. The normalized spacial score (nSPS) is 13.1. The number of hydrogen-bond acceptors (Lipinski definition) is 3. The fraction of sp³-hybridized carbons (Fsp3) is 0.583. The van der Waals surface area contributed by atoms with Gasteiger partial charge < -0.3 is 4.90 Å². The molecule has 84 valence electrons. The molecule has 0 amide bonds. The number of rotatable bonds is 5. The predicted octanol–water partition coefficient (Wildman–Crippen LogP) is 2.96. The monoisotopic (exact) mass is 224 g/mol. The molecule has 15 heavy (non-hydrogen) atoms. The molecule has 0 aliphatic heterocycles. The summed E-state index contributed by atoms with van der Waals surface area (Å²) in [7, 11) is 4.17. The average molecular weight is 224 g/mol. The van der Waals surface area contributed by atoms with Crippen LogP contribution in [0, 0.1) is 0 Å². The highest BCUT2D eigenvalue weighted by molar-refractivity contribution is 7.98. The largest absolute Gasteiger partial charge is 0.301 e. The molecule has 3 heteroatoms. The van der Waals surface area contributed by atoms with Crippen LogP contribution in [0.2, 0.25) is 0 Å². The molecule has 1 rings (SSSR count). The molecule has 0 radical (unpaired) electrons. The lowest BCUT2D eigenvalue weighted by Gasteiger charge is -2.19. The molecule has 1 atom stereocenters. The molecule has 0 spiro atoms. The zero-order chi connectivity index (χ0) is 11.3. The van der Waals surface area contributed by atoms with Crippen LogP contribution in [0.3, 0.4) is 0 Å². The van der Waals surface area contributed by atoms with Gasteiger partial charge in [0.1, 0.15) is 0 Å². The highest BCUT2D eigenvalue weighted by atomic mass is 32.2. The Hall–Kier alpha value is -0.540. The maximum atomic E-state index is 4.67. The second-order valence-electron chi connectivity index (χ2n) is 3.83. The third-order valence-corrected chi connectivity index (χ3v) is 3.39. The number of pyridine rings is 1. The third-order valence-electron chi connectivity index (χ3n) is 2.49. The first-order valence-electron chi connectivity index (χ1n) is 5.35. The summed E-state index contributed by atoms with van der Waals surface area (Å²) in [4.78, 5) is 6.85. The van der Waals surface area contributed by atoms with Gasteiger partial charge >= 0.3 is 0 Å². The van der Waals surface area contributed by atoms with Gasteiger partial charge in [0.2, 0.25) is 0 Å². The first-order chi connectivity index (χ1) is 7.15. The van der Waals surface area contributed by atoms with Gasteiger partial charge in [0, 0.05) is 11.8 Å². The van der Waals surface area contributed by atoms with Crippen molar-refractivity contribution in [3.63, 3.8) is 0 Å². The van der Waals surface area contributed by atoms with Gasteiger partial charge in [-0.25, -0.2) is 0 Å². The van der Waals surface area contributed by atoms with Crippen molar-refractivity contribution < 1.29 is 0 Å². The van der Waals surface area contributed by atoms with E-state index in [9.17, 15) is 0 Å². The van der Waals surface area contributed by atoms with E-state index >= 15 is 0 Å². The maximum absolute atomic E-state index is 4.67. The minimum absolute atomic E-state index is 0.386. The van der Waals surface area contributed by atoms with Gasteiger partial charge in [-0.3, -0.25) is 4.98 Å². The Morgan fingerprint density at radius 2 is 2.13 bits per heavy atom. The number of thioether (sulfide) groups is 1. The van der Waals surface area contributed by atoms with Crippen molar-refractivity contribution in [2.75, 3.05) is 19.8 Å². The second-order valence-corrected chi connectivity index (χ2v) is 5.10. The lowest BCUT2D eigenvalue weighted by molar-refractivity contribution is 0.315. The summed E-state index contributed by atoms with van der Waals surface area (Å²) in [6, 6.07) is 6.70.